The summed E-state index contributed by atoms with van der Waals surface area (Å²) in [5, 5.41) is 11.4. The van der Waals surface area contributed by atoms with Gasteiger partial charge in [-0.3, -0.25) is 14.9 Å². The van der Waals surface area contributed by atoms with Crippen LogP contribution in [0.25, 0.3) is 5.69 Å². The maximum absolute atomic E-state index is 12.8. The Hall–Kier alpha value is -2.45. The minimum atomic E-state index is -0.471. The summed E-state index contributed by atoms with van der Waals surface area (Å²) in [6, 6.07) is 4.74. The molecule has 2 aliphatic rings. The third-order valence-electron chi connectivity index (χ3n) is 5.40. The number of nitro groups is 1. The number of amides is 1. The Bertz CT molecular complexity index is 826. The van der Waals surface area contributed by atoms with Crippen LogP contribution in [0.5, 0.6) is 0 Å². The number of nitrogens with two attached hydrogens (primary N) is 1. The quantitative estimate of drug-likeness (QED) is 0.650. The Labute approximate surface area is 156 Å². The smallest absolute Gasteiger partial charge is 0.294 e. The molecule has 0 spiro atoms. The first-order chi connectivity index (χ1) is 12.0. The monoisotopic (exact) mass is 377 g/mol. The lowest BCUT2D eigenvalue weighted by Crippen LogP contribution is -2.33. The van der Waals surface area contributed by atoms with Crippen molar-refractivity contribution >= 4 is 24.0 Å². The summed E-state index contributed by atoms with van der Waals surface area (Å²) in [6.45, 7) is 1.33. The van der Waals surface area contributed by atoms with E-state index in [2.05, 4.69) is 4.98 Å². The Morgan fingerprint density at radius 2 is 2.12 bits per heavy atom. The lowest BCUT2D eigenvalue weighted by Gasteiger charge is -2.19. The van der Waals surface area contributed by atoms with E-state index in [1.165, 1.54) is 12.4 Å². The van der Waals surface area contributed by atoms with Crippen LogP contribution in [0.15, 0.2) is 36.9 Å². The molecule has 3 atom stereocenters. The van der Waals surface area contributed by atoms with Crippen LogP contribution in [0.3, 0.4) is 0 Å². The number of nitrogens with zero attached hydrogens (tertiary/aromatic N) is 4. The van der Waals surface area contributed by atoms with E-state index in [9.17, 15) is 14.9 Å². The fraction of sp³-hybridized carbons (Fsp3) is 0.412. The Morgan fingerprint density at radius 1 is 1.31 bits per heavy atom. The van der Waals surface area contributed by atoms with E-state index in [0.29, 0.717) is 36.2 Å². The minimum absolute atomic E-state index is 0. The van der Waals surface area contributed by atoms with E-state index in [1.807, 2.05) is 0 Å². The molecule has 1 aliphatic heterocycles. The zero-order chi connectivity index (χ0) is 17.6. The van der Waals surface area contributed by atoms with Gasteiger partial charge in [-0.05, 0) is 36.8 Å². The van der Waals surface area contributed by atoms with Crippen LogP contribution in [0.4, 0.5) is 5.69 Å². The van der Waals surface area contributed by atoms with Gasteiger partial charge in [-0.25, -0.2) is 4.98 Å². The molecule has 8 nitrogen and oxygen atoms in total. The highest BCUT2D eigenvalue weighted by Gasteiger charge is 2.42. The van der Waals surface area contributed by atoms with Gasteiger partial charge in [0.05, 0.1) is 11.3 Å². The van der Waals surface area contributed by atoms with Gasteiger partial charge in [-0.15, -0.1) is 12.4 Å². The molecule has 1 amide bonds. The third-order valence-corrected chi connectivity index (χ3v) is 5.40. The molecular formula is C17H20ClN5O3. The number of benzene rings is 1. The molecule has 2 N–H and O–H groups in total. The van der Waals surface area contributed by atoms with Crippen molar-refractivity contribution in [2.24, 2.45) is 17.6 Å². The first kappa shape index (κ1) is 18.3. The van der Waals surface area contributed by atoms with E-state index in [1.54, 1.807) is 34.0 Å². The lowest BCUT2D eigenvalue weighted by atomic mass is 9.98. The van der Waals surface area contributed by atoms with E-state index in [4.69, 9.17) is 5.73 Å². The van der Waals surface area contributed by atoms with Gasteiger partial charge < -0.3 is 15.2 Å². The molecule has 4 rings (SSSR count). The Balaban J connectivity index is 0.00000196. The predicted octanol–water partition coefficient (Wildman–Crippen LogP) is 2.01. The summed E-state index contributed by atoms with van der Waals surface area (Å²) >= 11 is 0. The molecule has 26 heavy (non-hydrogen) atoms. The van der Waals surface area contributed by atoms with Gasteiger partial charge in [0.1, 0.15) is 5.69 Å². The van der Waals surface area contributed by atoms with E-state index >= 15 is 0 Å². The predicted molar refractivity (Wildman–Crippen MR) is 97.6 cm³/mol. The summed E-state index contributed by atoms with van der Waals surface area (Å²) in [5.41, 5.74) is 6.74. The van der Waals surface area contributed by atoms with Crippen LogP contribution < -0.4 is 5.73 Å². The van der Waals surface area contributed by atoms with Crippen molar-refractivity contribution in [3.8, 4) is 5.69 Å². The number of imidazole rings is 1. The second-order valence-electron chi connectivity index (χ2n) is 6.81. The summed E-state index contributed by atoms with van der Waals surface area (Å²) in [5.74, 6) is 0.644. The van der Waals surface area contributed by atoms with Crippen LogP contribution >= 0.6 is 12.4 Å². The molecule has 3 unspecified atom stereocenters. The van der Waals surface area contributed by atoms with Gasteiger partial charge in [0.15, 0.2) is 0 Å². The molecule has 0 bridgehead atoms. The number of aromatic nitrogens is 2. The lowest BCUT2D eigenvalue weighted by molar-refractivity contribution is -0.384. The fourth-order valence-corrected chi connectivity index (χ4v) is 4.08. The molecule has 1 aliphatic carbocycles. The number of carbonyl (C=O) groups excluding carboxylic acids is 1. The van der Waals surface area contributed by atoms with Crippen LogP contribution in [0, 0.1) is 22.0 Å². The second kappa shape index (κ2) is 7.05. The average Bonchev–Trinajstić information content (AvgIpc) is 3.32. The molecular weight excluding hydrogens is 358 g/mol. The van der Waals surface area contributed by atoms with E-state index in [0.717, 1.165) is 12.8 Å². The Morgan fingerprint density at radius 3 is 2.77 bits per heavy atom. The van der Waals surface area contributed by atoms with Gasteiger partial charge in [0.2, 0.25) is 0 Å². The number of nitro benzene ring substituents is 1. The summed E-state index contributed by atoms with van der Waals surface area (Å²) in [4.78, 5) is 29.5. The molecule has 1 saturated carbocycles. The number of halogens is 1. The highest BCUT2D eigenvalue weighted by Crippen LogP contribution is 2.38. The van der Waals surface area contributed by atoms with Gasteiger partial charge in [-0.2, -0.15) is 0 Å². The fourth-order valence-electron chi connectivity index (χ4n) is 4.08. The van der Waals surface area contributed by atoms with Gasteiger partial charge >= 0.3 is 0 Å². The minimum Gasteiger partial charge on any atom is -0.338 e. The third kappa shape index (κ3) is 3.06. The van der Waals surface area contributed by atoms with Crippen LogP contribution in [0.1, 0.15) is 23.2 Å². The van der Waals surface area contributed by atoms with Crippen molar-refractivity contribution in [3.05, 3.63) is 52.6 Å². The molecule has 1 saturated heterocycles. The zero-order valence-corrected chi connectivity index (χ0v) is 14.8. The van der Waals surface area contributed by atoms with Crippen LogP contribution in [0.2, 0.25) is 0 Å². The molecule has 9 heteroatoms. The summed E-state index contributed by atoms with van der Waals surface area (Å²) in [7, 11) is 0. The maximum Gasteiger partial charge on any atom is 0.294 e. The number of hydrogen-bond donors (Lipinski definition) is 1. The number of fused-ring (bicyclic) bond motifs is 1. The van der Waals surface area contributed by atoms with Crippen molar-refractivity contribution in [2.45, 2.75) is 18.9 Å². The number of rotatable bonds is 3. The van der Waals surface area contributed by atoms with Crippen molar-refractivity contribution in [1.82, 2.24) is 14.5 Å². The highest BCUT2D eigenvalue weighted by molar-refractivity contribution is 5.95. The number of carbonyl (C=O) groups is 1. The van der Waals surface area contributed by atoms with Crippen molar-refractivity contribution in [2.75, 3.05) is 13.1 Å². The van der Waals surface area contributed by atoms with Gasteiger partial charge in [0.25, 0.3) is 11.6 Å². The molecule has 1 aromatic carbocycles. The number of hydrogen-bond acceptors (Lipinski definition) is 5. The van der Waals surface area contributed by atoms with Crippen LogP contribution in [-0.4, -0.2) is 44.4 Å². The normalized spacial score (nSPS) is 24.2. The molecule has 2 fully saturated rings. The molecule has 2 heterocycles. The second-order valence-corrected chi connectivity index (χ2v) is 6.81. The standard InChI is InChI=1S/C17H19N5O3.ClH/c18-14-3-1-12-8-21(9-13(12)14)17(23)11-2-4-15(16(7-11)22(24)25)20-6-5-19-10-20;/h2,4-7,10,12-14H,1,3,8-9,18H2;1H. The average molecular weight is 378 g/mol. The first-order valence-electron chi connectivity index (χ1n) is 8.36. The van der Waals surface area contributed by atoms with Crippen molar-refractivity contribution in [3.63, 3.8) is 0 Å². The van der Waals surface area contributed by atoms with Crippen molar-refractivity contribution in [1.29, 1.82) is 0 Å². The van der Waals surface area contributed by atoms with E-state index < -0.39 is 4.92 Å². The van der Waals surface area contributed by atoms with Crippen molar-refractivity contribution < 1.29 is 9.72 Å². The first-order valence-corrected chi connectivity index (χ1v) is 8.36. The van der Waals surface area contributed by atoms with Crippen LogP contribution in [-0.2, 0) is 0 Å². The molecule has 2 aromatic rings. The SMILES string of the molecule is Cl.NC1CCC2CN(C(=O)c3ccc(-n4ccnc4)c([N+](=O)[O-])c3)CC12. The topological polar surface area (TPSA) is 107 Å². The molecule has 1 aromatic heterocycles. The summed E-state index contributed by atoms with van der Waals surface area (Å²) < 4.78 is 1.56. The maximum atomic E-state index is 12.8. The Kier molecular flexibility index (Phi) is 4.97. The number of likely N-dealkylation sites (tertiary alicyclic amines) is 1. The molecule has 0 radical (unpaired) electrons. The molecule has 138 valence electrons. The van der Waals surface area contributed by atoms with Gasteiger partial charge in [-0.1, -0.05) is 0 Å². The largest absolute Gasteiger partial charge is 0.338 e. The van der Waals surface area contributed by atoms with Gasteiger partial charge in [0, 0.05) is 43.2 Å². The zero-order valence-electron chi connectivity index (χ0n) is 14.0. The highest BCUT2D eigenvalue weighted by atomic mass is 35.5. The summed E-state index contributed by atoms with van der Waals surface area (Å²) in [6.07, 6.45) is 6.74. The van der Waals surface area contributed by atoms with E-state index in [-0.39, 0.29) is 30.0 Å².